The van der Waals surface area contributed by atoms with E-state index >= 15 is 0 Å². The van der Waals surface area contributed by atoms with E-state index in [4.69, 9.17) is 4.74 Å². The molecule has 0 aliphatic heterocycles. The third-order valence-electron chi connectivity index (χ3n) is 3.46. The molecule has 0 radical (unpaired) electrons. The summed E-state index contributed by atoms with van der Waals surface area (Å²) < 4.78 is 7.12. The molecule has 1 unspecified atom stereocenters. The molecular formula is C14H18Br2O. The summed E-state index contributed by atoms with van der Waals surface area (Å²) in [5, 5.41) is 0.848. The largest absolute Gasteiger partial charge is 0.373 e. The van der Waals surface area contributed by atoms with Crippen LogP contribution in [-0.4, -0.2) is 11.9 Å². The Morgan fingerprint density at radius 3 is 2.65 bits per heavy atom. The van der Waals surface area contributed by atoms with E-state index in [1.807, 2.05) is 6.07 Å². The summed E-state index contributed by atoms with van der Waals surface area (Å²) in [5.74, 6) is 0.921. The van der Waals surface area contributed by atoms with Gasteiger partial charge in [0.15, 0.2) is 0 Å². The highest BCUT2D eigenvalue weighted by Crippen LogP contribution is 2.31. The van der Waals surface area contributed by atoms with Crippen molar-refractivity contribution in [3.05, 3.63) is 34.3 Å². The van der Waals surface area contributed by atoms with Crippen molar-refractivity contribution in [1.29, 1.82) is 0 Å². The predicted octanol–water partition coefficient (Wildman–Crippen LogP) is 5.09. The van der Waals surface area contributed by atoms with Gasteiger partial charge in [-0.15, -0.1) is 0 Å². The Labute approximate surface area is 120 Å². The summed E-state index contributed by atoms with van der Waals surface area (Å²) in [7, 11) is 0. The Hall–Kier alpha value is 0.140. The van der Waals surface area contributed by atoms with Gasteiger partial charge < -0.3 is 4.74 Å². The zero-order chi connectivity index (χ0) is 12.1. The van der Waals surface area contributed by atoms with Gasteiger partial charge in [-0.05, 0) is 24.0 Å². The Morgan fingerprint density at radius 1 is 1.29 bits per heavy atom. The molecule has 0 aromatic heterocycles. The maximum absolute atomic E-state index is 5.99. The van der Waals surface area contributed by atoms with Gasteiger partial charge >= 0.3 is 0 Å². The van der Waals surface area contributed by atoms with E-state index in [1.54, 1.807) is 0 Å². The standard InChI is InChI=1S/C14H18Br2O/c15-10-14(12-6-1-2-7-13(12)16)17-9-8-11-4-3-5-11/h1-2,6-7,11,14H,3-5,8-10H2. The van der Waals surface area contributed by atoms with Crippen LogP contribution >= 0.6 is 31.9 Å². The number of ether oxygens (including phenoxy) is 1. The summed E-state index contributed by atoms with van der Waals surface area (Å²) in [6.07, 6.45) is 5.59. The molecule has 0 spiro atoms. The molecule has 1 aromatic carbocycles. The lowest BCUT2D eigenvalue weighted by Crippen LogP contribution is -2.15. The van der Waals surface area contributed by atoms with Gasteiger partial charge in [-0.2, -0.15) is 0 Å². The van der Waals surface area contributed by atoms with Crippen LogP contribution in [0.1, 0.15) is 37.4 Å². The molecule has 2 rings (SSSR count). The van der Waals surface area contributed by atoms with Crippen LogP contribution in [0.25, 0.3) is 0 Å². The minimum absolute atomic E-state index is 0.158. The fourth-order valence-electron chi connectivity index (χ4n) is 2.11. The van der Waals surface area contributed by atoms with Crippen LogP contribution in [0.2, 0.25) is 0 Å². The molecular weight excluding hydrogens is 344 g/mol. The molecule has 0 heterocycles. The van der Waals surface area contributed by atoms with Crippen LogP contribution in [0.15, 0.2) is 28.7 Å². The lowest BCUT2D eigenvalue weighted by atomic mass is 9.83. The maximum atomic E-state index is 5.99. The Balaban J connectivity index is 1.85. The van der Waals surface area contributed by atoms with Crippen LogP contribution < -0.4 is 0 Å². The lowest BCUT2D eigenvalue weighted by Gasteiger charge is -2.26. The lowest BCUT2D eigenvalue weighted by molar-refractivity contribution is 0.0517. The molecule has 0 N–H and O–H groups in total. The van der Waals surface area contributed by atoms with Gasteiger partial charge in [0.05, 0.1) is 6.10 Å². The van der Waals surface area contributed by atoms with Gasteiger partial charge in [0.25, 0.3) is 0 Å². The zero-order valence-corrected chi connectivity index (χ0v) is 13.0. The van der Waals surface area contributed by atoms with Crippen LogP contribution in [0, 0.1) is 5.92 Å². The minimum atomic E-state index is 0.158. The quantitative estimate of drug-likeness (QED) is 0.641. The monoisotopic (exact) mass is 360 g/mol. The van der Waals surface area contributed by atoms with E-state index in [0.717, 1.165) is 22.3 Å². The average molecular weight is 362 g/mol. The van der Waals surface area contributed by atoms with Crippen molar-refractivity contribution in [2.45, 2.75) is 31.8 Å². The Bertz CT molecular complexity index is 350. The summed E-state index contributed by atoms with van der Waals surface area (Å²) in [5.41, 5.74) is 1.23. The van der Waals surface area contributed by atoms with E-state index in [1.165, 1.54) is 31.2 Å². The van der Waals surface area contributed by atoms with Crippen molar-refractivity contribution in [3.8, 4) is 0 Å². The zero-order valence-electron chi connectivity index (χ0n) is 9.87. The van der Waals surface area contributed by atoms with Gasteiger partial charge in [0.2, 0.25) is 0 Å². The summed E-state index contributed by atoms with van der Waals surface area (Å²) in [6.45, 7) is 0.877. The Morgan fingerprint density at radius 2 is 2.06 bits per heavy atom. The van der Waals surface area contributed by atoms with E-state index in [9.17, 15) is 0 Å². The first kappa shape index (κ1) is 13.6. The highest BCUT2D eigenvalue weighted by Gasteiger charge is 2.18. The third-order valence-corrected chi connectivity index (χ3v) is 4.77. The van der Waals surface area contributed by atoms with Gasteiger partial charge in [-0.1, -0.05) is 69.3 Å². The Kier molecular flexibility index (Phi) is 5.51. The first-order valence-corrected chi connectivity index (χ1v) is 8.14. The highest BCUT2D eigenvalue weighted by atomic mass is 79.9. The van der Waals surface area contributed by atoms with Crippen LogP contribution in [0.3, 0.4) is 0 Å². The number of hydrogen-bond donors (Lipinski definition) is 0. The second kappa shape index (κ2) is 6.91. The molecule has 3 heteroatoms. The number of hydrogen-bond acceptors (Lipinski definition) is 1. The van der Waals surface area contributed by atoms with Crippen molar-refractivity contribution in [3.63, 3.8) is 0 Å². The molecule has 1 nitrogen and oxygen atoms in total. The normalized spacial score (nSPS) is 17.8. The summed E-state index contributed by atoms with van der Waals surface area (Å²) in [6, 6.07) is 8.29. The fourth-order valence-corrected chi connectivity index (χ4v) is 3.19. The second-order valence-electron chi connectivity index (χ2n) is 4.62. The fraction of sp³-hybridized carbons (Fsp3) is 0.571. The highest BCUT2D eigenvalue weighted by molar-refractivity contribution is 9.10. The molecule has 94 valence electrons. The molecule has 17 heavy (non-hydrogen) atoms. The molecule has 1 fully saturated rings. The molecule has 1 atom stereocenters. The van der Waals surface area contributed by atoms with E-state index in [2.05, 4.69) is 50.1 Å². The predicted molar refractivity (Wildman–Crippen MR) is 78.6 cm³/mol. The molecule has 0 saturated heterocycles. The van der Waals surface area contributed by atoms with Crippen molar-refractivity contribution < 1.29 is 4.74 Å². The molecule has 1 aliphatic carbocycles. The molecule has 0 bridgehead atoms. The van der Waals surface area contributed by atoms with Crippen LogP contribution in [0.4, 0.5) is 0 Å². The molecule has 0 amide bonds. The first-order valence-electron chi connectivity index (χ1n) is 6.23. The van der Waals surface area contributed by atoms with E-state index in [-0.39, 0.29) is 6.10 Å². The average Bonchev–Trinajstić information content (AvgIpc) is 2.28. The van der Waals surface area contributed by atoms with Crippen molar-refractivity contribution >= 4 is 31.9 Å². The van der Waals surface area contributed by atoms with E-state index < -0.39 is 0 Å². The van der Waals surface area contributed by atoms with Gasteiger partial charge in [0.1, 0.15) is 0 Å². The third kappa shape index (κ3) is 3.80. The van der Waals surface area contributed by atoms with Crippen LogP contribution in [-0.2, 0) is 4.74 Å². The number of alkyl halides is 1. The maximum Gasteiger partial charge on any atom is 0.0932 e. The van der Waals surface area contributed by atoms with Gasteiger partial charge in [0, 0.05) is 16.4 Å². The molecule has 1 aliphatic rings. The number of benzene rings is 1. The molecule has 1 aromatic rings. The van der Waals surface area contributed by atoms with Gasteiger partial charge in [-0.3, -0.25) is 0 Å². The number of rotatable bonds is 6. The topological polar surface area (TPSA) is 9.23 Å². The summed E-state index contributed by atoms with van der Waals surface area (Å²) >= 11 is 7.12. The van der Waals surface area contributed by atoms with E-state index in [0.29, 0.717) is 0 Å². The first-order chi connectivity index (χ1) is 8.31. The minimum Gasteiger partial charge on any atom is -0.373 e. The second-order valence-corrected chi connectivity index (χ2v) is 6.12. The smallest absolute Gasteiger partial charge is 0.0932 e. The summed E-state index contributed by atoms with van der Waals surface area (Å²) in [4.78, 5) is 0. The van der Waals surface area contributed by atoms with Crippen molar-refractivity contribution in [1.82, 2.24) is 0 Å². The van der Waals surface area contributed by atoms with Gasteiger partial charge in [-0.25, -0.2) is 0 Å². The van der Waals surface area contributed by atoms with Crippen molar-refractivity contribution in [2.75, 3.05) is 11.9 Å². The number of halogens is 2. The molecule has 1 saturated carbocycles. The van der Waals surface area contributed by atoms with Crippen LogP contribution in [0.5, 0.6) is 0 Å². The SMILES string of the molecule is BrCC(OCCC1CCC1)c1ccccc1Br. The van der Waals surface area contributed by atoms with Crippen molar-refractivity contribution in [2.24, 2.45) is 5.92 Å².